The van der Waals surface area contributed by atoms with E-state index in [1.165, 1.54) is 17.0 Å². The van der Waals surface area contributed by atoms with E-state index in [1.807, 2.05) is 0 Å². The topological polar surface area (TPSA) is 57.6 Å². The monoisotopic (exact) mass is 255 g/mol. The van der Waals surface area contributed by atoms with Crippen LogP contribution in [0, 0.1) is 23.7 Å². The van der Waals surface area contributed by atoms with Gasteiger partial charge in [0, 0.05) is 6.07 Å². The van der Waals surface area contributed by atoms with Crippen LogP contribution in [0.1, 0.15) is 6.42 Å². The number of rotatable bonds is 1. The minimum atomic E-state index is -0.190. The van der Waals surface area contributed by atoms with Gasteiger partial charge < -0.3 is 5.11 Å². The van der Waals surface area contributed by atoms with Crippen molar-refractivity contribution in [3.63, 3.8) is 0 Å². The second kappa shape index (κ2) is 3.47. The maximum atomic E-state index is 12.5. The van der Waals surface area contributed by atoms with E-state index in [9.17, 15) is 14.7 Å². The molecule has 19 heavy (non-hydrogen) atoms. The van der Waals surface area contributed by atoms with Crippen molar-refractivity contribution in [1.82, 2.24) is 0 Å². The van der Waals surface area contributed by atoms with Gasteiger partial charge in [0.05, 0.1) is 17.5 Å². The van der Waals surface area contributed by atoms with Crippen molar-refractivity contribution in [3.05, 3.63) is 36.4 Å². The molecule has 2 bridgehead atoms. The van der Waals surface area contributed by atoms with Crippen molar-refractivity contribution in [3.8, 4) is 5.75 Å². The molecule has 1 saturated carbocycles. The maximum Gasteiger partial charge on any atom is 0.238 e. The third kappa shape index (κ3) is 1.28. The minimum absolute atomic E-state index is 0.0660. The summed E-state index contributed by atoms with van der Waals surface area (Å²) in [7, 11) is 0. The molecule has 2 amide bonds. The summed E-state index contributed by atoms with van der Waals surface area (Å²) in [4.78, 5) is 26.2. The SMILES string of the molecule is O=C1[C@@H]2[C@H](C(=O)N1c1cccc(O)c1)[C@H]1C=C[C@H]2C1. The van der Waals surface area contributed by atoms with Gasteiger partial charge in [-0.05, 0) is 30.4 Å². The van der Waals surface area contributed by atoms with E-state index < -0.39 is 0 Å². The van der Waals surface area contributed by atoms with Crippen molar-refractivity contribution in [2.24, 2.45) is 23.7 Å². The summed E-state index contributed by atoms with van der Waals surface area (Å²) >= 11 is 0. The van der Waals surface area contributed by atoms with Crippen LogP contribution in [0.4, 0.5) is 5.69 Å². The molecule has 1 aliphatic heterocycles. The summed E-state index contributed by atoms with van der Waals surface area (Å²) < 4.78 is 0. The molecule has 0 aromatic heterocycles. The number of carbonyl (C=O) groups excluding carboxylic acids is 2. The third-order valence-corrected chi connectivity index (χ3v) is 4.56. The Hall–Kier alpha value is -2.10. The van der Waals surface area contributed by atoms with Gasteiger partial charge in [0.25, 0.3) is 0 Å². The Morgan fingerprint density at radius 2 is 1.68 bits per heavy atom. The predicted molar refractivity (Wildman–Crippen MR) is 68.3 cm³/mol. The molecule has 0 radical (unpaired) electrons. The lowest BCUT2D eigenvalue weighted by atomic mass is 9.85. The molecule has 4 heteroatoms. The van der Waals surface area contributed by atoms with E-state index in [4.69, 9.17) is 0 Å². The van der Waals surface area contributed by atoms with Crippen LogP contribution in [0.3, 0.4) is 0 Å². The fourth-order valence-corrected chi connectivity index (χ4v) is 3.79. The molecule has 3 aliphatic rings. The first-order chi connectivity index (χ1) is 9.16. The quantitative estimate of drug-likeness (QED) is 0.614. The second-order valence-corrected chi connectivity index (χ2v) is 5.53. The smallest absolute Gasteiger partial charge is 0.238 e. The molecule has 0 unspecified atom stereocenters. The van der Waals surface area contributed by atoms with Gasteiger partial charge >= 0.3 is 0 Å². The van der Waals surface area contributed by atoms with Gasteiger partial charge in [-0.1, -0.05) is 18.2 Å². The number of carbonyl (C=O) groups is 2. The second-order valence-electron chi connectivity index (χ2n) is 5.53. The number of phenols is 1. The van der Waals surface area contributed by atoms with Crippen LogP contribution in [0.5, 0.6) is 5.75 Å². The van der Waals surface area contributed by atoms with Crippen LogP contribution in [-0.2, 0) is 9.59 Å². The molecule has 1 aromatic rings. The van der Waals surface area contributed by atoms with Crippen LogP contribution in [-0.4, -0.2) is 16.9 Å². The Kier molecular flexibility index (Phi) is 1.97. The van der Waals surface area contributed by atoms with Gasteiger partial charge in [-0.25, -0.2) is 4.90 Å². The Bertz CT molecular complexity index is 592. The number of nitrogens with zero attached hydrogens (tertiary/aromatic N) is 1. The zero-order valence-corrected chi connectivity index (χ0v) is 10.2. The number of amides is 2. The van der Waals surface area contributed by atoms with Crippen molar-refractivity contribution < 1.29 is 14.7 Å². The van der Waals surface area contributed by atoms with Crippen LogP contribution in [0.15, 0.2) is 36.4 Å². The summed E-state index contributed by atoms with van der Waals surface area (Å²) in [6.07, 6.45) is 5.08. The van der Waals surface area contributed by atoms with Crippen LogP contribution in [0.2, 0.25) is 0 Å². The number of benzene rings is 1. The number of phenolic OH excluding ortho intramolecular Hbond substituents is 1. The lowest BCUT2D eigenvalue weighted by molar-refractivity contribution is -0.123. The van der Waals surface area contributed by atoms with Gasteiger partial charge in [0.1, 0.15) is 5.75 Å². The molecular formula is C15H13NO3. The standard InChI is InChI=1S/C15H13NO3/c17-11-3-1-2-10(7-11)16-14(18)12-8-4-5-9(6-8)13(12)15(16)19/h1-5,7-9,12-13,17H,6H2/t8-,9-,12-,13+/m0/s1. The molecule has 1 aromatic carbocycles. The van der Waals surface area contributed by atoms with Gasteiger partial charge in [-0.2, -0.15) is 0 Å². The van der Waals surface area contributed by atoms with Gasteiger partial charge in [0.15, 0.2) is 0 Å². The highest BCUT2D eigenvalue weighted by atomic mass is 16.3. The summed E-state index contributed by atoms with van der Waals surface area (Å²) in [6.45, 7) is 0. The zero-order chi connectivity index (χ0) is 13.1. The van der Waals surface area contributed by atoms with E-state index >= 15 is 0 Å². The minimum Gasteiger partial charge on any atom is -0.508 e. The van der Waals surface area contributed by atoms with Crippen LogP contribution in [0.25, 0.3) is 0 Å². The Balaban J connectivity index is 1.77. The lowest BCUT2D eigenvalue weighted by Crippen LogP contribution is -2.32. The normalized spacial score (nSPS) is 35.3. The average Bonchev–Trinajstić information content (AvgIpc) is 3.04. The first kappa shape index (κ1) is 10.8. The van der Waals surface area contributed by atoms with E-state index in [2.05, 4.69) is 12.2 Å². The summed E-state index contributed by atoms with van der Waals surface area (Å²) in [5, 5.41) is 9.50. The average molecular weight is 255 g/mol. The molecule has 1 heterocycles. The Morgan fingerprint density at radius 3 is 2.26 bits per heavy atom. The fraction of sp³-hybridized carbons (Fsp3) is 0.333. The third-order valence-electron chi connectivity index (χ3n) is 4.56. The molecular weight excluding hydrogens is 242 g/mol. The number of hydrogen-bond acceptors (Lipinski definition) is 3. The van der Waals surface area contributed by atoms with E-state index in [-0.39, 0.29) is 41.2 Å². The maximum absolute atomic E-state index is 12.5. The number of fused-ring (bicyclic) bond motifs is 5. The molecule has 4 rings (SSSR count). The molecule has 4 nitrogen and oxygen atoms in total. The molecule has 2 aliphatic carbocycles. The number of allylic oxidation sites excluding steroid dienone is 2. The first-order valence-corrected chi connectivity index (χ1v) is 6.52. The highest BCUT2D eigenvalue weighted by Gasteiger charge is 2.59. The van der Waals surface area contributed by atoms with Crippen molar-refractivity contribution >= 4 is 17.5 Å². The highest BCUT2D eigenvalue weighted by molar-refractivity contribution is 6.22. The highest BCUT2D eigenvalue weighted by Crippen LogP contribution is 2.53. The molecule has 1 N–H and O–H groups in total. The van der Waals surface area contributed by atoms with Gasteiger partial charge in [0.2, 0.25) is 11.8 Å². The molecule has 1 saturated heterocycles. The van der Waals surface area contributed by atoms with E-state index in [0.29, 0.717) is 5.69 Å². The fourth-order valence-electron chi connectivity index (χ4n) is 3.79. The van der Waals surface area contributed by atoms with Crippen molar-refractivity contribution in [2.45, 2.75) is 6.42 Å². The zero-order valence-electron chi connectivity index (χ0n) is 10.2. The van der Waals surface area contributed by atoms with Gasteiger partial charge in [-0.3, -0.25) is 9.59 Å². The summed E-state index contributed by atoms with van der Waals surface area (Å²) in [5.41, 5.74) is 0.476. The molecule has 96 valence electrons. The summed E-state index contributed by atoms with van der Waals surface area (Å²) in [6, 6.07) is 6.32. The Labute approximate surface area is 110 Å². The summed E-state index contributed by atoms with van der Waals surface area (Å²) in [5.74, 6) is -0.108. The number of imide groups is 1. The Morgan fingerprint density at radius 1 is 1.05 bits per heavy atom. The predicted octanol–water partition coefficient (Wildman–Crippen LogP) is 1.70. The number of hydrogen-bond donors (Lipinski definition) is 1. The molecule has 4 atom stereocenters. The number of anilines is 1. The number of aromatic hydroxyl groups is 1. The van der Waals surface area contributed by atoms with E-state index in [0.717, 1.165) is 6.42 Å². The lowest BCUT2D eigenvalue weighted by Gasteiger charge is -2.17. The van der Waals surface area contributed by atoms with Crippen molar-refractivity contribution in [1.29, 1.82) is 0 Å². The van der Waals surface area contributed by atoms with Crippen molar-refractivity contribution in [2.75, 3.05) is 4.90 Å². The largest absolute Gasteiger partial charge is 0.508 e. The molecule has 0 spiro atoms. The van der Waals surface area contributed by atoms with E-state index in [1.54, 1.807) is 12.1 Å². The van der Waals surface area contributed by atoms with Gasteiger partial charge in [-0.15, -0.1) is 0 Å². The molecule has 2 fully saturated rings. The van der Waals surface area contributed by atoms with Crippen LogP contribution >= 0.6 is 0 Å². The van der Waals surface area contributed by atoms with Crippen LogP contribution < -0.4 is 4.90 Å². The first-order valence-electron chi connectivity index (χ1n) is 6.52.